The van der Waals surface area contributed by atoms with E-state index in [1.54, 1.807) is 35.1 Å². The van der Waals surface area contributed by atoms with Crippen molar-refractivity contribution in [3.05, 3.63) is 54.1 Å². The molecule has 0 amide bonds. The maximum atomic E-state index is 13.3. The fourth-order valence-corrected chi connectivity index (χ4v) is 2.17. The summed E-state index contributed by atoms with van der Waals surface area (Å²) in [5.74, 6) is -0.00940. The fraction of sp³-hybridized carbons (Fsp3) is 0.0769. The number of rotatable bonds is 2. The van der Waals surface area contributed by atoms with Crippen LogP contribution in [-0.2, 0) is 5.88 Å². The topological polar surface area (TPSA) is 30.2 Å². The summed E-state index contributed by atoms with van der Waals surface area (Å²) in [6.07, 6.45) is 3.48. The van der Waals surface area contributed by atoms with Crippen molar-refractivity contribution < 1.29 is 4.39 Å². The van der Waals surface area contributed by atoms with Gasteiger partial charge in [0.25, 0.3) is 0 Å². The molecule has 3 nitrogen and oxygen atoms in total. The lowest BCUT2D eigenvalue weighted by atomic mass is 10.1. The molecule has 0 aliphatic heterocycles. The highest BCUT2D eigenvalue weighted by Crippen LogP contribution is 2.26. The van der Waals surface area contributed by atoms with Crippen molar-refractivity contribution >= 4 is 17.2 Å². The first kappa shape index (κ1) is 11.2. The Balaban J connectivity index is 2.28. The Morgan fingerprint density at radius 3 is 2.94 bits per heavy atom. The summed E-state index contributed by atoms with van der Waals surface area (Å²) in [7, 11) is 0. The zero-order valence-corrected chi connectivity index (χ0v) is 10.1. The van der Waals surface area contributed by atoms with Crippen molar-refractivity contribution in [2.75, 3.05) is 0 Å². The van der Waals surface area contributed by atoms with Crippen LogP contribution in [0.3, 0.4) is 0 Å². The van der Waals surface area contributed by atoms with Crippen molar-refractivity contribution in [1.29, 1.82) is 0 Å². The molecule has 1 aromatic carbocycles. The van der Waals surface area contributed by atoms with Gasteiger partial charge in [0, 0.05) is 23.5 Å². The van der Waals surface area contributed by atoms with Gasteiger partial charge in [-0.05, 0) is 18.2 Å². The van der Waals surface area contributed by atoms with Gasteiger partial charge in [-0.2, -0.15) is 5.10 Å². The van der Waals surface area contributed by atoms with E-state index in [-0.39, 0.29) is 11.7 Å². The van der Waals surface area contributed by atoms with Crippen LogP contribution in [0.1, 0.15) is 5.56 Å². The monoisotopic (exact) mass is 261 g/mol. The zero-order valence-electron chi connectivity index (χ0n) is 9.35. The van der Waals surface area contributed by atoms with Crippen LogP contribution in [0.5, 0.6) is 0 Å². The normalized spacial score (nSPS) is 11.0. The summed E-state index contributed by atoms with van der Waals surface area (Å²) in [5.41, 5.74) is 2.88. The van der Waals surface area contributed by atoms with E-state index < -0.39 is 0 Å². The molecule has 0 N–H and O–H groups in total. The molecule has 0 atom stereocenters. The number of hydrogen-bond donors (Lipinski definition) is 0. The quantitative estimate of drug-likeness (QED) is 0.663. The molecule has 5 heteroatoms. The van der Waals surface area contributed by atoms with Crippen molar-refractivity contribution in [2.24, 2.45) is 0 Å². The molecule has 3 rings (SSSR count). The standard InChI is InChI=1S/C13H9ClFN3/c14-8-11-12(9-3-1-4-10(15)7-9)17-18-6-2-5-16-13(11)18/h1-7H,8H2. The minimum Gasteiger partial charge on any atom is -0.237 e. The summed E-state index contributed by atoms with van der Waals surface area (Å²) < 4.78 is 14.9. The highest BCUT2D eigenvalue weighted by molar-refractivity contribution is 6.18. The van der Waals surface area contributed by atoms with E-state index in [4.69, 9.17) is 11.6 Å². The number of nitrogens with zero attached hydrogens (tertiary/aromatic N) is 3. The molecule has 18 heavy (non-hydrogen) atoms. The molecule has 3 aromatic rings. The smallest absolute Gasteiger partial charge is 0.159 e. The van der Waals surface area contributed by atoms with E-state index in [0.29, 0.717) is 16.9 Å². The Bertz CT molecular complexity index is 708. The fourth-order valence-electron chi connectivity index (χ4n) is 1.93. The highest BCUT2D eigenvalue weighted by Gasteiger charge is 2.14. The molecule has 0 saturated carbocycles. The van der Waals surface area contributed by atoms with Gasteiger partial charge in [-0.1, -0.05) is 12.1 Å². The SMILES string of the molecule is Fc1cccc(-c2nn3cccnc3c2CCl)c1. The molecule has 0 aliphatic rings. The molecule has 0 bridgehead atoms. The van der Waals surface area contributed by atoms with Gasteiger partial charge in [0.05, 0.1) is 11.6 Å². The van der Waals surface area contributed by atoms with Crippen molar-refractivity contribution in [3.63, 3.8) is 0 Å². The molecule has 0 saturated heterocycles. The van der Waals surface area contributed by atoms with E-state index >= 15 is 0 Å². The van der Waals surface area contributed by atoms with Gasteiger partial charge < -0.3 is 0 Å². The third kappa shape index (κ3) is 1.75. The Morgan fingerprint density at radius 2 is 2.17 bits per heavy atom. The Morgan fingerprint density at radius 1 is 1.28 bits per heavy atom. The van der Waals surface area contributed by atoms with E-state index in [0.717, 1.165) is 5.56 Å². The minimum atomic E-state index is -0.293. The second-order valence-electron chi connectivity index (χ2n) is 3.86. The number of hydrogen-bond acceptors (Lipinski definition) is 2. The summed E-state index contributed by atoms with van der Waals surface area (Å²) in [4.78, 5) is 4.24. The van der Waals surface area contributed by atoms with Gasteiger partial charge in [0.1, 0.15) is 5.82 Å². The largest absolute Gasteiger partial charge is 0.237 e. The average Bonchev–Trinajstić information content (AvgIpc) is 2.77. The summed E-state index contributed by atoms with van der Waals surface area (Å²) >= 11 is 5.96. The molecule has 0 spiro atoms. The Kier molecular flexibility index (Phi) is 2.72. The lowest BCUT2D eigenvalue weighted by Crippen LogP contribution is -1.87. The van der Waals surface area contributed by atoms with Crippen LogP contribution >= 0.6 is 11.6 Å². The molecular formula is C13H9ClFN3. The van der Waals surface area contributed by atoms with Gasteiger partial charge >= 0.3 is 0 Å². The van der Waals surface area contributed by atoms with E-state index in [2.05, 4.69) is 10.1 Å². The van der Waals surface area contributed by atoms with E-state index in [9.17, 15) is 4.39 Å². The molecule has 90 valence electrons. The van der Waals surface area contributed by atoms with Gasteiger partial charge in [-0.3, -0.25) is 0 Å². The molecular weight excluding hydrogens is 253 g/mol. The number of halogens is 2. The lowest BCUT2D eigenvalue weighted by Gasteiger charge is -1.99. The maximum Gasteiger partial charge on any atom is 0.159 e. The molecule has 0 fully saturated rings. The van der Waals surface area contributed by atoms with E-state index in [1.165, 1.54) is 12.1 Å². The number of fused-ring (bicyclic) bond motifs is 1. The molecule has 0 aliphatic carbocycles. The summed E-state index contributed by atoms with van der Waals surface area (Å²) in [5, 5.41) is 4.40. The van der Waals surface area contributed by atoms with E-state index in [1.807, 2.05) is 0 Å². The van der Waals surface area contributed by atoms with Crippen LogP contribution in [-0.4, -0.2) is 14.6 Å². The predicted octanol–water partition coefficient (Wildman–Crippen LogP) is 3.27. The summed E-state index contributed by atoms with van der Waals surface area (Å²) in [6.45, 7) is 0. The summed E-state index contributed by atoms with van der Waals surface area (Å²) in [6, 6.07) is 8.09. The Labute approximate surface area is 108 Å². The minimum absolute atomic E-state index is 0.284. The van der Waals surface area contributed by atoms with Gasteiger partial charge in [-0.15, -0.1) is 11.6 Å². The zero-order chi connectivity index (χ0) is 12.5. The lowest BCUT2D eigenvalue weighted by molar-refractivity contribution is 0.628. The second-order valence-corrected chi connectivity index (χ2v) is 4.13. The van der Waals surface area contributed by atoms with Crippen LogP contribution in [0.15, 0.2) is 42.7 Å². The maximum absolute atomic E-state index is 13.3. The van der Waals surface area contributed by atoms with Crippen LogP contribution in [0, 0.1) is 5.82 Å². The number of alkyl halides is 1. The van der Waals surface area contributed by atoms with Crippen LogP contribution < -0.4 is 0 Å². The first-order valence-corrected chi connectivity index (χ1v) is 5.97. The van der Waals surface area contributed by atoms with Crippen molar-refractivity contribution in [3.8, 4) is 11.3 Å². The van der Waals surface area contributed by atoms with Crippen molar-refractivity contribution in [2.45, 2.75) is 5.88 Å². The van der Waals surface area contributed by atoms with Gasteiger partial charge in [0.2, 0.25) is 0 Å². The highest BCUT2D eigenvalue weighted by atomic mass is 35.5. The predicted molar refractivity (Wildman–Crippen MR) is 67.9 cm³/mol. The van der Waals surface area contributed by atoms with Gasteiger partial charge in [0.15, 0.2) is 5.65 Å². The third-order valence-electron chi connectivity index (χ3n) is 2.72. The van der Waals surface area contributed by atoms with Crippen LogP contribution in [0.25, 0.3) is 16.9 Å². The number of aromatic nitrogens is 3. The molecule has 2 aromatic heterocycles. The first-order valence-electron chi connectivity index (χ1n) is 5.44. The van der Waals surface area contributed by atoms with Crippen molar-refractivity contribution in [1.82, 2.24) is 14.6 Å². The van der Waals surface area contributed by atoms with Crippen LogP contribution in [0.4, 0.5) is 4.39 Å². The van der Waals surface area contributed by atoms with Crippen LogP contribution in [0.2, 0.25) is 0 Å². The molecule has 0 radical (unpaired) electrons. The average molecular weight is 262 g/mol. The number of benzene rings is 1. The third-order valence-corrected chi connectivity index (χ3v) is 2.99. The van der Waals surface area contributed by atoms with Gasteiger partial charge in [-0.25, -0.2) is 13.9 Å². The Hall–Kier alpha value is -1.94. The second kappa shape index (κ2) is 4.38. The molecule has 2 heterocycles. The molecule has 0 unspecified atom stereocenters. The first-order chi connectivity index (χ1) is 8.79.